The standard InChI is InChI=1S/C19H19F3N4O2S2/c1-26(2)11-12-4-3-5-15(20)14(12)10-23-13-8-16(21)19(17(22)9-13)30(27,28)25-18-6-7-29-24-18/h3-9,23H,10-11H2,1-2H3,(H,24,25). The van der Waals surface area contributed by atoms with Gasteiger partial charge in [-0.2, -0.15) is 4.37 Å². The van der Waals surface area contributed by atoms with Crippen LogP contribution in [0, 0.1) is 17.5 Å². The molecule has 0 aliphatic rings. The molecule has 3 aromatic rings. The van der Waals surface area contributed by atoms with Crippen molar-refractivity contribution in [3.8, 4) is 0 Å². The molecule has 0 aliphatic heterocycles. The third kappa shape index (κ3) is 5.10. The molecule has 6 nitrogen and oxygen atoms in total. The average molecular weight is 457 g/mol. The Hall–Kier alpha value is -2.63. The van der Waals surface area contributed by atoms with Crippen molar-refractivity contribution >= 4 is 33.1 Å². The zero-order valence-corrected chi connectivity index (χ0v) is 17.7. The molecule has 30 heavy (non-hydrogen) atoms. The molecular weight excluding hydrogens is 437 g/mol. The molecule has 0 radical (unpaired) electrons. The van der Waals surface area contributed by atoms with Gasteiger partial charge < -0.3 is 10.2 Å². The van der Waals surface area contributed by atoms with Gasteiger partial charge in [0.15, 0.2) is 10.7 Å². The minimum Gasteiger partial charge on any atom is -0.381 e. The van der Waals surface area contributed by atoms with E-state index in [0.29, 0.717) is 12.1 Å². The van der Waals surface area contributed by atoms with Gasteiger partial charge >= 0.3 is 0 Å². The van der Waals surface area contributed by atoms with E-state index in [9.17, 15) is 21.6 Å². The number of nitrogens with zero attached hydrogens (tertiary/aromatic N) is 2. The third-order valence-corrected chi connectivity index (χ3v) is 6.08. The molecule has 2 aromatic carbocycles. The monoisotopic (exact) mass is 456 g/mol. The van der Waals surface area contributed by atoms with Gasteiger partial charge in [-0.05, 0) is 55.5 Å². The maximum absolute atomic E-state index is 14.5. The second-order valence-electron chi connectivity index (χ2n) is 6.73. The number of nitrogens with one attached hydrogen (secondary N) is 2. The molecule has 0 fully saturated rings. The average Bonchev–Trinajstić information content (AvgIpc) is 3.12. The summed E-state index contributed by atoms with van der Waals surface area (Å²) in [6, 6.07) is 7.73. The van der Waals surface area contributed by atoms with E-state index in [1.165, 1.54) is 17.5 Å². The molecule has 0 saturated carbocycles. The Bertz CT molecular complexity index is 1110. The minimum atomic E-state index is -4.50. The molecule has 3 rings (SSSR count). The van der Waals surface area contributed by atoms with Crippen molar-refractivity contribution in [3.63, 3.8) is 0 Å². The van der Waals surface area contributed by atoms with Crippen molar-refractivity contribution in [2.24, 2.45) is 0 Å². The first kappa shape index (κ1) is 22.1. The Morgan fingerprint density at radius 3 is 2.37 bits per heavy atom. The molecule has 0 atom stereocenters. The van der Waals surface area contributed by atoms with E-state index in [2.05, 4.69) is 9.69 Å². The number of rotatable bonds is 8. The van der Waals surface area contributed by atoms with Gasteiger partial charge in [0.1, 0.15) is 17.5 Å². The number of halogens is 3. The molecule has 0 bridgehead atoms. The van der Waals surface area contributed by atoms with Gasteiger partial charge in [-0.15, -0.1) is 0 Å². The first-order valence-corrected chi connectivity index (χ1v) is 11.1. The summed E-state index contributed by atoms with van der Waals surface area (Å²) < 4.78 is 73.7. The second-order valence-corrected chi connectivity index (χ2v) is 9.01. The van der Waals surface area contributed by atoms with Crippen LogP contribution in [0.1, 0.15) is 11.1 Å². The van der Waals surface area contributed by atoms with Crippen LogP contribution in [-0.2, 0) is 23.1 Å². The number of hydrogen-bond acceptors (Lipinski definition) is 6. The van der Waals surface area contributed by atoms with Crippen LogP contribution < -0.4 is 10.0 Å². The third-order valence-electron chi connectivity index (χ3n) is 4.12. The van der Waals surface area contributed by atoms with E-state index in [1.54, 1.807) is 12.1 Å². The van der Waals surface area contributed by atoms with E-state index in [1.807, 2.05) is 23.7 Å². The van der Waals surface area contributed by atoms with Crippen molar-refractivity contribution in [1.82, 2.24) is 9.27 Å². The van der Waals surface area contributed by atoms with Crippen molar-refractivity contribution in [1.29, 1.82) is 0 Å². The van der Waals surface area contributed by atoms with E-state index >= 15 is 0 Å². The Balaban J connectivity index is 1.83. The first-order chi connectivity index (χ1) is 14.2. The SMILES string of the molecule is CN(C)Cc1cccc(F)c1CNc1cc(F)c(S(=O)(=O)Nc2ccsn2)c(F)c1. The van der Waals surface area contributed by atoms with Crippen LogP contribution in [0.4, 0.5) is 24.7 Å². The Morgan fingerprint density at radius 2 is 1.77 bits per heavy atom. The second kappa shape index (κ2) is 9.02. The smallest absolute Gasteiger partial charge is 0.268 e. The van der Waals surface area contributed by atoms with Gasteiger partial charge in [-0.1, -0.05) is 12.1 Å². The molecular formula is C19H19F3N4O2S2. The normalized spacial score (nSPS) is 11.7. The van der Waals surface area contributed by atoms with Gasteiger partial charge in [-0.25, -0.2) is 21.6 Å². The number of benzene rings is 2. The largest absolute Gasteiger partial charge is 0.381 e. The van der Waals surface area contributed by atoms with Crippen LogP contribution in [0.25, 0.3) is 0 Å². The molecule has 0 aliphatic carbocycles. The molecule has 0 spiro atoms. The number of aromatic nitrogens is 1. The van der Waals surface area contributed by atoms with Crippen LogP contribution in [0.5, 0.6) is 0 Å². The van der Waals surface area contributed by atoms with Gasteiger partial charge in [0, 0.05) is 29.7 Å². The van der Waals surface area contributed by atoms with Gasteiger partial charge in [0.25, 0.3) is 10.0 Å². The summed E-state index contributed by atoms with van der Waals surface area (Å²) in [6.07, 6.45) is 0. The van der Waals surface area contributed by atoms with Crippen LogP contribution in [-0.4, -0.2) is 31.8 Å². The molecule has 2 N–H and O–H groups in total. The van der Waals surface area contributed by atoms with Crippen molar-refractivity contribution < 1.29 is 21.6 Å². The molecule has 0 amide bonds. The zero-order valence-electron chi connectivity index (χ0n) is 16.1. The highest BCUT2D eigenvalue weighted by atomic mass is 32.2. The fraction of sp³-hybridized carbons (Fsp3) is 0.211. The Kier molecular flexibility index (Phi) is 6.64. The van der Waals surface area contributed by atoms with Gasteiger partial charge in [0.05, 0.1) is 0 Å². The number of hydrogen-bond donors (Lipinski definition) is 2. The molecule has 1 heterocycles. The van der Waals surface area contributed by atoms with E-state index in [-0.39, 0.29) is 18.1 Å². The van der Waals surface area contributed by atoms with Crippen LogP contribution >= 0.6 is 11.5 Å². The Labute approximate surface area is 176 Å². The zero-order chi connectivity index (χ0) is 21.9. The molecule has 160 valence electrons. The molecule has 0 unspecified atom stereocenters. The summed E-state index contributed by atoms with van der Waals surface area (Å²) in [7, 11) is -0.827. The van der Waals surface area contributed by atoms with Crippen molar-refractivity contribution in [2.75, 3.05) is 24.1 Å². The maximum Gasteiger partial charge on any atom is 0.268 e. The highest BCUT2D eigenvalue weighted by Crippen LogP contribution is 2.26. The fourth-order valence-electron chi connectivity index (χ4n) is 2.85. The topological polar surface area (TPSA) is 74.3 Å². The number of sulfonamides is 1. The highest BCUT2D eigenvalue weighted by Gasteiger charge is 2.26. The van der Waals surface area contributed by atoms with E-state index in [4.69, 9.17) is 0 Å². The van der Waals surface area contributed by atoms with Gasteiger partial charge in [0.2, 0.25) is 0 Å². The van der Waals surface area contributed by atoms with Gasteiger partial charge in [-0.3, -0.25) is 4.72 Å². The van der Waals surface area contributed by atoms with E-state index in [0.717, 1.165) is 29.2 Å². The lowest BCUT2D eigenvalue weighted by Gasteiger charge is -2.16. The number of anilines is 2. The lowest BCUT2D eigenvalue weighted by Crippen LogP contribution is -2.17. The summed E-state index contributed by atoms with van der Waals surface area (Å²) in [4.78, 5) is 0.757. The fourth-order valence-corrected chi connectivity index (χ4v) is 4.50. The van der Waals surface area contributed by atoms with Crippen LogP contribution in [0.15, 0.2) is 46.7 Å². The summed E-state index contributed by atoms with van der Waals surface area (Å²) in [5.74, 6) is -3.03. The van der Waals surface area contributed by atoms with Crippen molar-refractivity contribution in [2.45, 2.75) is 18.0 Å². The van der Waals surface area contributed by atoms with E-state index < -0.39 is 32.4 Å². The Morgan fingerprint density at radius 1 is 1.07 bits per heavy atom. The quantitative estimate of drug-likeness (QED) is 0.535. The molecule has 11 heteroatoms. The van der Waals surface area contributed by atoms with Crippen LogP contribution in [0.2, 0.25) is 0 Å². The molecule has 1 aromatic heterocycles. The summed E-state index contributed by atoms with van der Waals surface area (Å²) >= 11 is 0.989. The summed E-state index contributed by atoms with van der Waals surface area (Å²) in [5, 5.41) is 4.28. The first-order valence-electron chi connectivity index (χ1n) is 8.74. The summed E-state index contributed by atoms with van der Waals surface area (Å²) in [5.41, 5.74) is 1.06. The molecule has 0 saturated heterocycles. The highest BCUT2D eigenvalue weighted by molar-refractivity contribution is 7.92. The predicted molar refractivity (Wildman–Crippen MR) is 110 cm³/mol. The maximum atomic E-state index is 14.5. The summed E-state index contributed by atoms with van der Waals surface area (Å²) in [6.45, 7) is 0.453. The lowest BCUT2D eigenvalue weighted by atomic mass is 10.1. The van der Waals surface area contributed by atoms with Crippen LogP contribution in [0.3, 0.4) is 0 Å². The lowest BCUT2D eigenvalue weighted by molar-refractivity contribution is 0.399. The minimum absolute atomic E-state index is 0.0170. The predicted octanol–water partition coefficient (Wildman–Crippen LogP) is 4.03. The van der Waals surface area contributed by atoms with Crippen molar-refractivity contribution in [3.05, 3.63) is 70.4 Å².